The second kappa shape index (κ2) is 7.89. The summed E-state index contributed by atoms with van der Waals surface area (Å²) in [6, 6.07) is 0. The number of carbonyl (C=O) groups excluding carboxylic acids is 2. The number of rotatable bonds is 7. The van der Waals surface area contributed by atoms with E-state index >= 15 is 0 Å². The average molecular weight is 246 g/mol. The maximum atomic E-state index is 11.5. The first-order chi connectivity index (χ1) is 7.41. The standard InChI is InChI=1S/C8H10F4O4/c9-7(10)15-5(13)3-1-2-4-6(14)16-8(11)12/h7-8H,1-4H2. The summed E-state index contributed by atoms with van der Waals surface area (Å²) in [6.07, 6.45) is -0.424. The van der Waals surface area contributed by atoms with Crippen LogP contribution >= 0.6 is 0 Å². The zero-order valence-corrected chi connectivity index (χ0v) is 8.13. The minimum atomic E-state index is -3.17. The Labute approximate surface area is 88.5 Å². The van der Waals surface area contributed by atoms with Gasteiger partial charge in [0.25, 0.3) is 0 Å². The molecule has 0 spiro atoms. The van der Waals surface area contributed by atoms with Gasteiger partial charge in [-0.05, 0) is 12.8 Å². The Balaban J connectivity index is 3.46. The first kappa shape index (κ1) is 14.7. The topological polar surface area (TPSA) is 52.6 Å². The number of hydrogen-bond donors (Lipinski definition) is 0. The van der Waals surface area contributed by atoms with E-state index in [4.69, 9.17) is 0 Å². The van der Waals surface area contributed by atoms with Crippen LogP contribution in [-0.4, -0.2) is 25.2 Å². The molecule has 0 saturated heterocycles. The lowest BCUT2D eigenvalue weighted by atomic mass is 10.2. The minimum Gasteiger partial charge on any atom is -0.403 e. The van der Waals surface area contributed by atoms with Crippen molar-refractivity contribution < 1.29 is 36.6 Å². The van der Waals surface area contributed by atoms with Crippen LogP contribution in [0.1, 0.15) is 25.7 Å². The zero-order valence-electron chi connectivity index (χ0n) is 8.13. The zero-order chi connectivity index (χ0) is 12.6. The molecule has 0 aliphatic carbocycles. The number of ether oxygens (including phenoxy) is 2. The SMILES string of the molecule is O=C(CCCCC(=O)OC(F)F)OC(F)F. The number of unbranched alkanes of at least 4 members (excludes halogenated alkanes) is 1. The van der Waals surface area contributed by atoms with Crippen LogP contribution in [0.5, 0.6) is 0 Å². The van der Waals surface area contributed by atoms with Crippen molar-refractivity contribution in [2.24, 2.45) is 0 Å². The summed E-state index contributed by atoms with van der Waals surface area (Å²) < 4.78 is 52.9. The Kier molecular flexibility index (Phi) is 7.23. The van der Waals surface area contributed by atoms with Crippen LogP contribution in [0.2, 0.25) is 0 Å². The van der Waals surface area contributed by atoms with E-state index in [0.717, 1.165) is 0 Å². The van der Waals surface area contributed by atoms with Crippen molar-refractivity contribution in [1.82, 2.24) is 0 Å². The predicted molar refractivity (Wildman–Crippen MR) is 42.7 cm³/mol. The molecule has 0 aromatic carbocycles. The molecule has 0 aromatic heterocycles. The molecule has 0 radical (unpaired) electrons. The van der Waals surface area contributed by atoms with Crippen LogP contribution in [0, 0.1) is 0 Å². The number of carbonyl (C=O) groups is 2. The van der Waals surface area contributed by atoms with E-state index in [1.54, 1.807) is 0 Å². The van der Waals surface area contributed by atoms with Gasteiger partial charge in [-0.2, -0.15) is 17.6 Å². The van der Waals surface area contributed by atoms with E-state index in [1.807, 2.05) is 0 Å². The maximum Gasteiger partial charge on any atom is 0.389 e. The molecule has 4 nitrogen and oxygen atoms in total. The lowest BCUT2D eigenvalue weighted by Crippen LogP contribution is -2.10. The summed E-state index contributed by atoms with van der Waals surface area (Å²) in [5.41, 5.74) is 0. The molecule has 8 heteroatoms. The van der Waals surface area contributed by atoms with Crippen molar-refractivity contribution in [2.75, 3.05) is 0 Å². The van der Waals surface area contributed by atoms with Crippen LogP contribution in [0.4, 0.5) is 17.6 Å². The number of alkyl halides is 4. The van der Waals surface area contributed by atoms with Crippen molar-refractivity contribution in [1.29, 1.82) is 0 Å². The van der Waals surface area contributed by atoms with Crippen molar-refractivity contribution in [2.45, 2.75) is 38.9 Å². The summed E-state index contributed by atoms with van der Waals surface area (Å²) in [7, 11) is 0. The molecule has 0 unspecified atom stereocenters. The maximum absolute atomic E-state index is 11.5. The summed E-state index contributed by atoms with van der Waals surface area (Å²) in [5, 5.41) is 0. The predicted octanol–water partition coefficient (Wildman–Crippen LogP) is 2.08. The highest BCUT2D eigenvalue weighted by molar-refractivity contribution is 5.70. The normalized spacial score (nSPS) is 10.6. The Morgan fingerprint density at radius 2 is 1.12 bits per heavy atom. The third-order valence-corrected chi connectivity index (χ3v) is 1.45. The van der Waals surface area contributed by atoms with E-state index in [9.17, 15) is 27.2 Å². The second-order valence-corrected chi connectivity index (χ2v) is 2.71. The molecule has 94 valence electrons. The molecule has 0 fully saturated rings. The molecule has 0 rings (SSSR count). The largest absolute Gasteiger partial charge is 0.403 e. The molecule has 0 atom stereocenters. The van der Waals surface area contributed by atoms with Crippen LogP contribution < -0.4 is 0 Å². The first-order valence-electron chi connectivity index (χ1n) is 4.37. The monoisotopic (exact) mass is 246 g/mol. The second-order valence-electron chi connectivity index (χ2n) is 2.71. The van der Waals surface area contributed by atoms with Gasteiger partial charge in [-0.1, -0.05) is 0 Å². The molecule has 0 bridgehead atoms. The first-order valence-corrected chi connectivity index (χ1v) is 4.37. The molecule has 0 heterocycles. The van der Waals surface area contributed by atoms with Gasteiger partial charge in [0, 0.05) is 12.8 Å². The van der Waals surface area contributed by atoms with Gasteiger partial charge in [0.2, 0.25) is 0 Å². The third kappa shape index (κ3) is 9.22. The molecule has 16 heavy (non-hydrogen) atoms. The summed E-state index contributed by atoms with van der Waals surface area (Å²) in [5.74, 6) is -2.20. The van der Waals surface area contributed by atoms with Crippen LogP contribution in [-0.2, 0) is 19.1 Å². The Morgan fingerprint density at radius 3 is 1.38 bits per heavy atom. The van der Waals surface area contributed by atoms with Crippen molar-refractivity contribution >= 4 is 11.9 Å². The van der Waals surface area contributed by atoms with Gasteiger partial charge in [-0.15, -0.1) is 0 Å². The fourth-order valence-electron chi connectivity index (χ4n) is 0.855. The van der Waals surface area contributed by atoms with Crippen LogP contribution in [0.25, 0.3) is 0 Å². The highest BCUT2D eigenvalue weighted by atomic mass is 19.3. The van der Waals surface area contributed by atoms with Crippen LogP contribution in [0.3, 0.4) is 0 Å². The van der Waals surface area contributed by atoms with Gasteiger partial charge in [-0.25, -0.2) is 0 Å². The molecule has 0 amide bonds. The highest BCUT2D eigenvalue weighted by Gasteiger charge is 2.12. The summed E-state index contributed by atoms with van der Waals surface area (Å²) in [6.45, 7) is -6.34. The quantitative estimate of drug-likeness (QED) is 0.392. The number of esters is 2. The summed E-state index contributed by atoms with van der Waals surface area (Å²) in [4.78, 5) is 21.1. The minimum absolute atomic E-state index is 0.0872. The van der Waals surface area contributed by atoms with Crippen molar-refractivity contribution in [3.8, 4) is 0 Å². The molecular formula is C8H10F4O4. The lowest BCUT2D eigenvalue weighted by molar-refractivity contribution is -0.178. The number of halogens is 4. The fraction of sp³-hybridized carbons (Fsp3) is 0.750. The molecule has 0 aliphatic rings. The van der Waals surface area contributed by atoms with E-state index < -0.39 is 25.2 Å². The third-order valence-electron chi connectivity index (χ3n) is 1.45. The van der Waals surface area contributed by atoms with Gasteiger partial charge in [0.15, 0.2) is 0 Å². The Hall–Kier alpha value is -1.34. The molecule has 0 N–H and O–H groups in total. The van der Waals surface area contributed by atoms with Gasteiger partial charge >= 0.3 is 25.2 Å². The van der Waals surface area contributed by atoms with Gasteiger partial charge in [-0.3, -0.25) is 9.59 Å². The van der Waals surface area contributed by atoms with Gasteiger partial charge in [0.1, 0.15) is 0 Å². The van der Waals surface area contributed by atoms with Gasteiger partial charge < -0.3 is 9.47 Å². The smallest absolute Gasteiger partial charge is 0.389 e. The Bertz CT molecular complexity index is 208. The van der Waals surface area contributed by atoms with E-state index in [0.29, 0.717) is 0 Å². The number of hydrogen-bond acceptors (Lipinski definition) is 4. The van der Waals surface area contributed by atoms with Crippen molar-refractivity contribution in [3.63, 3.8) is 0 Å². The van der Waals surface area contributed by atoms with E-state index in [-0.39, 0.29) is 25.7 Å². The molecule has 0 aliphatic heterocycles. The van der Waals surface area contributed by atoms with E-state index in [1.165, 1.54) is 0 Å². The molecular weight excluding hydrogens is 236 g/mol. The average Bonchev–Trinajstić information content (AvgIpc) is 2.10. The molecule has 0 saturated carbocycles. The fourth-order valence-corrected chi connectivity index (χ4v) is 0.855. The van der Waals surface area contributed by atoms with Crippen LogP contribution in [0.15, 0.2) is 0 Å². The molecule has 0 aromatic rings. The van der Waals surface area contributed by atoms with E-state index in [2.05, 4.69) is 9.47 Å². The highest BCUT2D eigenvalue weighted by Crippen LogP contribution is 2.06. The van der Waals surface area contributed by atoms with Crippen molar-refractivity contribution in [3.05, 3.63) is 0 Å². The Morgan fingerprint density at radius 1 is 0.812 bits per heavy atom. The summed E-state index contributed by atoms with van der Waals surface area (Å²) >= 11 is 0. The van der Waals surface area contributed by atoms with Gasteiger partial charge in [0.05, 0.1) is 0 Å². The lowest BCUT2D eigenvalue weighted by Gasteiger charge is -2.03.